The van der Waals surface area contributed by atoms with Gasteiger partial charge in [0.05, 0.1) is 0 Å². The number of allylic oxidation sites excluding steroid dienone is 1. The highest BCUT2D eigenvalue weighted by molar-refractivity contribution is 5.37. The Labute approximate surface area is 84.3 Å². The number of hydrogen-bond donors (Lipinski definition) is 0. The van der Waals surface area contributed by atoms with Crippen LogP contribution >= 0.6 is 0 Å². The summed E-state index contributed by atoms with van der Waals surface area (Å²) >= 11 is 0. The molecule has 1 aromatic heterocycles. The van der Waals surface area contributed by atoms with Crippen LogP contribution in [0.1, 0.15) is 5.56 Å². The molecule has 0 spiro atoms. The van der Waals surface area contributed by atoms with Gasteiger partial charge in [0.15, 0.2) is 0 Å². The number of hydrogen-bond acceptors (Lipinski definition) is 0. The monoisotopic (exact) mass is 183 g/mol. The van der Waals surface area contributed by atoms with Crippen molar-refractivity contribution in [2.45, 2.75) is 6.42 Å². The first-order valence-corrected chi connectivity index (χ1v) is 4.73. The topological polar surface area (TPSA) is 4.93 Å². The molecule has 1 heterocycles. The summed E-state index contributed by atoms with van der Waals surface area (Å²) in [5.41, 5.74) is 2.50. The number of benzene rings is 1. The summed E-state index contributed by atoms with van der Waals surface area (Å²) in [4.78, 5) is 0. The first-order chi connectivity index (χ1) is 6.90. The Morgan fingerprint density at radius 1 is 1.14 bits per heavy atom. The van der Waals surface area contributed by atoms with Crippen molar-refractivity contribution in [2.75, 3.05) is 0 Å². The van der Waals surface area contributed by atoms with Gasteiger partial charge in [-0.3, -0.25) is 0 Å². The summed E-state index contributed by atoms with van der Waals surface area (Å²) in [5.74, 6) is 0. The molecule has 0 saturated heterocycles. The van der Waals surface area contributed by atoms with Gasteiger partial charge in [-0.1, -0.05) is 18.2 Å². The Balaban J connectivity index is 2.35. The van der Waals surface area contributed by atoms with Crippen molar-refractivity contribution >= 4 is 0 Å². The van der Waals surface area contributed by atoms with Crippen molar-refractivity contribution in [3.05, 3.63) is 67.0 Å². The van der Waals surface area contributed by atoms with Crippen molar-refractivity contribution in [1.29, 1.82) is 0 Å². The molecule has 0 atom stereocenters. The highest BCUT2D eigenvalue weighted by Gasteiger charge is 1.95. The Hall–Kier alpha value is -1.76. The van der Waals surface area contributed by atoms with Gasteiger partial charge in [0.1, 0.15) is 0 Å². The average molecular weight is 183 g/mol. The van der Waals surface area contributed by atoms with Gasteiger partial charge in [-0.2, -0.15) is 0 Å². The molecule has 0 amide bonds. The molecule has 0 fully saturated rings. The molecule has 0 unspecified atom stereocenters. The summed E-state index contributed by atoms with van der Waals surface area (Å²) < 4.78 is 2.10. The van der Waals surface area contributed by atoms with Crippen LogP contribution in [-0.2, 0) is 6.42 Å². The zero-order valence-corrected chi connectivity index (χ0v) is 8.06. The fourth-order valence-corrected chi connectivity index (χ4v) is 1.52. The minimum Gasteiger partial charge on any atom is -0.324 e. The summed E-state index contributed by atoms with van der Waals surface area (Å²) in [7, 11) is 0. The largest absolute Gasteiger partial charge is 0.324 e. The SMILES string of the molecule is C=CCc1cccc(-n2cccc2)c1. The summed E-state index contributed by atoms with van der Waals surface area (Å²) in [6, 6.07) is 12.5. The van der Waals surface area contributed by atoms with Gasteiger partial charge in [0, 0.05) is 18.1 Å². The second kappa shape index (κ2) is 3.97. The lowest BCUT2D eigenvalue weighted by molar-refractivity contribution is 1.07. The molecule has 0 bridgehead atoms. The smallest absolute Gasteiger partial charge is 0.0452 e. The molecule has 1 aromatic carbocycles. The predicted molar refractivity (Wildman–Crippen MR) is 59.7 cm³/mol. The predicted octanol–water partition coefficient (Wildman–Crippen LogP) is 3.21. The van der Waals surface area contributed by atoms with Crippen molar-refractivity contribution < 1.29 is 0 Å². The van der Waals surface area contributed by atoms with Gasteiger partial charge in [-0.05, 0) is 36.2 Å². The zero-order valence-electron chi connectivity index (χ0n) is 8.06. The molecule has 0 N–H and O–H groups in total. The van der Waals surface area contributed by atoms with E-state index in [0.29, 0.717) is 0 Å². The van der Waals surface area contributed by atoms with Crippen LogP contribution in [0.15, 0.2) is 61.4 Å². The van der Waals surface area contributed by atoms with Crippen LogP contribution in [0.5, 0.6) is 0 Å². The Kier molecular flexibility index (Phi) is 2.50. The Morgan fingerprint density at radius 3 is 2.64 bits per heavy atom. The number of rotatable bonds is 3. The molecule has 0 aliphatic heterocycles. The van der Waals surface area contributed by atoms with Crippen molar-refractivity contribution in [1.82, 2.24) is 4.57 Å². The van der Waals surface area contributed by atoms with Crippen LogP contribution < -0.4 is 0 Å². The first-order valence-electron chi connectivity index (χ1n) is 4.73. The van der Waals surface area contributed by atoms with Gasteiger partial charge in [-0.25, -0.2) is 0 Å². The van der Waals surface area contributed by atoms with E-state index in [1.54, 1.807) is 0 Å². The first kappa shape index (κ1) is 8.82. The van der Waals surface area contributed by atoms with E-state index in [-0.39, 0.29) is 0 Å². The lowest BCUT2D eigenvalue weighted by Gasteiger charge is -2.04. The zero-order chi connectivity index (χ0) is 9.80. The highest BCUT2D eigenvalue weighted by Crippen LogP contribution is 2.11. The molecule has 2 aromatic rings. The maximum absolute atomic E-state index is 3.74. The van der Waals surface area contributed by atoms with Crippen molar-refractivity contribution in [2.24, 2.45) is 0 Å². The Bertz CT molecular complexity index is 413. The van der Waals surface area contributed by atoms with Crippen LogP contribution in [0.4, 0.5) is 0 Å². The average Bonchev–Trinajstić information content (AvgIpc) is 2.71. The lowest BCUT2D eigenvalue weighted by atomic mass is 10.1. The standard InChI is InChI=1S/C13H13N/c1-2-6-12-7-5-8-13(11-12)14-9-3-4-10-14/h2-5,7-11H,1,6H2. The van der Waals surface area contributed by atoms with E-state index in [2.05, 4.69) is 35.4 Å². The van der Waals surface area contributed by atoms with Crippen LogP contribution in [0.2, 0.25) is 0 Å². The van der Waals surface area contributed by atoms with Crippen LogP contribution in [0.3, 0.4) is 0 Å². The second-order valence-electron chi connectivity index (χ2n) is 3.25. The van der Waals surface area contributed by atoms with E-state index in [1.807, 2.05) is 30.6 Å². The molecular formula is C13H13N. The van der Waals surface area contributed by atoms with Gasteiger partial charge in [0.25, 0.3) is 0 Å². The van der Waals surface area contributed by atoms with Crippen LogP contribution in [-0.4, -0.2) is 4.57 Å². The summed E-state index contributed by atoms with van der Waals surface area (Å²) in [6.45, 7) is 3.74. The summed E-state index contributed by atoms with van der Waals surface area (Å²) in [6.07, 6.45) is 6.95. The normalized spacial score (nSPS) is 10.0. The van der Waals surface area contributed by atoms with Crippen molar-refractivity contribution in [3.63, 3.8) is 0 Å². The minimum absolute atomic E-state index is 0.926. The maximum atomic E-state index is 3.74. The quantitative estimate of drug-likeness (QED) is 0.644. The third kappa shape index (κ3) is 1.77. The lowest BCUT2D eigenvalue weighted by Crippen LogP contribution is -1.90. The van der Waals surface area contributed by atoms with E-state index in [0.717, 1.165) is 6.42 Å². The molecule has 1 nitrogen and oxygen atoms in total. The van der Waals surface area contributed by atoms with E-state index >= 15 is 0 Å². The highest BCUT2D eigenvalue weighted by atomic mass is 14.9. The van der Waals surface area contributed by atoms with E-state index < -0.39 is 0 Å². The second-order valence-corrected chi connectivity index (χ2v) is 3.25. The van der Waals surface area contributed by atoms with Gasteiger partial charge >= 0.3 is 0 Å². The fraction of sp³-hybridized carbons (Fsp3) is 0.0769. The molecule has 70 valence electrons. The van der Waals surface area contributed by atoms with E-state index in [9.17, 15) is 0 Å². The van der Waals surface area contributed by atoms with E-state index in [4.69, 9.17) is 0 Å². The third-order valence-electron chi connectivity index (χ3n) is 2.19. The molecule has 0 radical (unpaired) electrons. The number of nitrogens with zero attached hydrogens (tertiary/aromatic N) is 1. The molecule has 1 heteroatoms. The number of aromatic nitrogens is 1. The van der Waals surface area contributed by atoms with E-state index in [1.165, 1.54) is 11.3 Å². The molecule has 2 rings (SSSR count). The van der Waals surface area contributed by atoms with Gasteiger partial charge in [-0.15, -0.1) is 6.58 Å². The van der Waals surface area contributed by atoms with Gasteiger partial charge in [0.2, 0.25) is 0 Å². The summed E-state index contributed by atoms with van der Waals surface area (Å²) in [5, 5.41) is 0. The Morgan fingerprint density at radius 2 is 1.93 bits per heavy atom. The molecule has 14 heavy (non-hydrogen) atoms. The molecule has 0 aliphatic rings. The van der Waals surface area contributed by atoms with Gasteiger partial charge < -0.3 is 4.57 Å². The maximum Gasteiger partial charge on any atom is 0.0452 e. The minimum atomic E-state index is 0.926. The van der Waals surface area contributed by atoms with Crippen LogP contribution in [0, 0.1) is 0 Å². The third-order valence-corrected chi connectivity index (χ3v) is 2.19. The van der Waals surface area contributed by atoms with Crippen LogP contribution in [0.25, 0.3) is 5.69 Å². The van der Waals surface area contributed by atoms with Crippen molar-refractivity contribution in [3.8, 4) is 5.69 Å². The molecule has 0 aliphatic carbocycles. The molecular weight excluding hydrogens is 170 g/mol. The fourth-order valence-electron chi connectivity index (χ4n) is 1.52. The molecule has 0 saturated carbocycles.